The van der Waals surface area contributed by atoms with Crippen molar-refractivity contribution in [2.45, 2.75) is 13.0 Å². The Morgan fingerprint density at radius 3 is 2.43 bits per heavy atom. The van der Waals surface area contributed by atoms with Crippen molar-refractivity contribution >= 4 is 27.5 Å². The van der Waals surface area contributed by atoms with Gasteiger partial charge in [0.1, 0.15) is 11.9 Å². The first-order valence-corrected chi connectivity index (χ1v) is 6.95. The van der Waals surface area contributed by atoms with Crippen LogP contribution in [-0.2, 0) is 4.79 Å². The van der Waals surface area contributed by atoms with E-state index in [1.165, 1.54) is 0 Å². The van der Waals surface area contributed by atoms with Crippen LogP contribution >= 0.6 is 15.9 Å². The van der Waals surface area contributed by atoms with Crippen molar-refractivity contribution in [1.29, 1.82) is 0 Å². The number of hydrogen-bond acceptors (Lipinski definition) is 2. The largest absolute Gasteiger partial charge is 0.321 e. The van der Waals surface area contributed by atoms with E-state index in [9.17, 15) is 13.6 Å². The van der Waals surface area contributed by atoms with E-state index in [2.05, 4.69) is 21.2 Å². The molecule has 0 aliphatic heterocycles. The lowest BCUT2D eigenvalue weighted by Gasteiger charge is -2.14. The molecule has 0 bridgehead atoms. The van der Waals surface area contributed by atoms with Gasteiger partial charge in [0.2, 0.25) is 5.91 Å². The van der Waals surface area contributed by atoms with E-state index in [4.69, 9.17) is 5.73 Å². The number of carbonyl (C=O) groups is 1. The lowest BCUT2D eigenvalue weighted by Crippen LogP contribution is -2.28. The molecule has 3 N–H and O–H groups in total. The summed E-state index contributed by atoms with van der Waals surface area (Å²) in [5.74, 6) is -2.18. The molecule has 1 atom stereocenters. The van der Waals surface area contributed by atoms with Gasteiger partial charge in [0, 0.05) is 10.5 Å². The minimum atomic E-state index is -0.943. The maximum Gasteiger partial charge on any atom is 0.245 e. The molecule has 3 nitrogen and oxygen atoms in total. The third-order valence-electron chi connectivity index (χ3n) is 2.97. The number of nitrogens with one attached hydrogen (secondary N) is 1. The normalized spacial score (nSPS) is 12.0. The number of nitrogens with two attached hydrogens (primary N) is 1. The van der Waals surface area contributed by atoms with Gasteiger partial charge in [-0.3, -0.25) is 4.79 Å². The smallest absolute Gasteiger partial charge is 0.245 e. The number of halogens is 3. The van der Waals surface area contributed by atoms with Crippen LogP contribution in [0.2, 0.25) is 0 Å². The molecular formula is C15H13BrF2N2O. The van der Waals surface area contributed by atoms with Gasteiger partial charge in [-0.25, -0.2) is 8.78 Å². The Labute approximate surface area is 129 Å². The number of hydrogen-bond donors (Lipinski definition) is 2. The second-order valence-corrected chi connectivity index (χ2v) is 5.48. The summed E-state index contributed by atoms with van der Waals surface area (Å²) in [5.41, 5.74) is 7.36. The molecular weight excluding hydrogens is 342 g/mol. The molecule has 21 heavy (non-hydrogen) atoms. The first-order valence-electron chi connectivity index (χ1n) is 6.16. The third-order valence-corrected chi connectivity index (χ3v) is 3.60. The molecule has 0 radical (unpaired) electrons. The highest BCUT2D eigenvalue weighted by Gasteiger charge is 2.19. The van der Waals surface area contributed by atoms with Crippen LogP contribution in [-0.4, -0.2) is 5.91 Å². The summed E-state index contributed by atoms with van der Waals surface area (Å²) < 4.78 is 26.8. The lowest BCUT2D eigenvalue weighted by molar-refractivity contribution is -0.117. The highest BCUT2D eigenvalue weighted by atomic mass is 79.9. The molecule has 0 aliphatic carbocycles. The highest BCUT2D eigenvalue weighted by Crippen LogP contribution is 2.27. The van der Waals surface area contributed by atoms with Crippen LogP contribution in [0.5, 0.6) is 0 Å². The standard InChI is InChI=1S/C15H13BrF2N2O/c1-8-2-4-9(5-3-8)13(19)15(21)20-14-11(16)6-10(17)7-12(14)18/h2-7,13H,19H2,1H3,(H,20,21). The number of rotatable bonds is 3. The van der Waals surface area contributed by atoms with Crippen molar-refractivity contribution in [1.82, 2.24) is 0 Å². The van der Waals surface area contributed by atoms with Gasteiger partial charge in [0.05, 0.1) is 5.69 Å². The average molecular weight is 355 g/mol. The minimum Gasteiger partial charge on any atom is -0.321 e. The minimum absolute atomic E-state index is 0.115. The molecule has 1 unspecified atom stereocenters. The summed E-state index contributed by atoms with van der Waals surface area (Å²) in [5, 5.41) is 2.37. The topological polar surface area (TPSA) is 55.1 Å². The van der Waals surface area contributed by atoms with Gasteiger partial charge in [-0.05, 0) is 34.5 Å². The molecule has 0 saturated carbocycles. The van der Waals surface area contributed by atoms with E-state index in [1.807, 2.05) is 19.1 Å². The molecule has 0 aromatic heterocycles. The van der Waals surface area contributed by atoms with Crippen LogP contribution in [0.4, 0.5) is 14.5 Å². The van der Waals surface area contributed by atoms with E-state index >= 15 is 0 Å². The average Bonchev–Trinajstić information content (AvgIpc) is 2.42. The fourth-order valence-electron chi connectivity index (χ4n) is 1.79. The van der Waals surface area contributed by atoms with Crippen molar-refractivity contribution in [3.05, 3.63) is 63.6 Å². The van der Waals surface area contributed by atoms with Crippen molar-refractivity contribution in [3.8, 4) is 0 Å². The zero-order valence-corrected chi connectivity index (χ0v) is 12.7. The van der Waals surface area contributed by atoms with Crippen LogP contribution in [0.1, 0.15) is 17.2 Å². The molecule has 2 rings (SSSR count). The Kier molecular flexibility index (Phi) is 4.69. The number of anilines is 1. The molecule has 6 heteroatoms. The van der Waals surface area contributed by atoms with Crippen molar-refractivity contribution in [2.75, 3.05) is 5.32 Å². The molecule has 0 fully saturated rings. The van der Waals surface area contributed by atoms with Gasteiger partial charge in [-0.1, -0.05) is 29.8 Å². The second kappa shape index (κ2) is 6.32. The van der Waals surface area contributed by atoms with Gasteiger partial charge in [-0.15, -0.1) is 0 Å². The Morgan fingerprint density at radius 2 is 1.86 bits per heavy atom. The summed E-state index contributed by atoms with van der Waals surface area (Å²) in [6.45, 7) is 1.92. The van der Waals surface area contributed by atoms with Crippen LogP contribution in [0.15, 0.2) is 40.9 Å². The second-order valence-electron chi connectivity index (χ2n) is 4.62. The van der Waals surface area contributed by atoms with E-state index in [0.29, 0.717) is 11.6 Å². The number of benzene rings is 2. The summed E-state index contributed by atoms with van der Waals surface area (Å²) in [4.78, 5) is 12.1. The number of amides is 1. The fraction of sp³-hybridized carbons (Fsp3) is 0.133. The number of carbonyl (C=O) groups excluding carboxylic acids is 1. The van der Waals surface area contributed by atoms with E-state index < -0.39 is 23.6 Å². The molecule has 110 valence electrons. The maximum absolute atomic E-state index is 13.7. The Balaban J connectivity index is 2.20. The van der Waals surface area contributed by atoms with E-state index in [0.717, 1.165) is 11.6 Å². The molecule has 0 aliphatic rings. The van der Waals surface area contributed by atoms with Gasteiger partial charge in [0.25, 0.3) is 0 Å². The van der Waals surface area contributed by atoms with Crippen molar-refractivity contribution < 1.29 is 13.6 Å². The van der Waals surface area contributed by atoms with Crippen molar-refractivity contribution in [3.63, 3.8) is 0 Å². The third kappa shape index (κ3) is 3.65. The number of aryl methyl sites for hydroxylation is 1. The van der Waals surface area contributed by atoms with Crippen LogP contribution in [0, 0.1) is 18.6 Å². The fourth-order valence-corrected chi connectivity index (χ4v) is 2.29. The van der Waals surface area contributed by atoms with Gasteiger partial charge in [-0.2, -0.15) is 0 Å². The molecule has 0 spiro atoms. The zero-order valence-electron chi connectivity index (χ0n) is 11.2. The first kappa shape index (κ1) is 15.6. The highest BCUT2D eigenvalue weighted by molar-refractivity contribution is 9.10. The predicted molar refractivity (Wildman–Crippen MR) is 80.8 cm³/mol. The van der Waals surface area contributed by atoms with Gasteiger partial charge < -0.3 is 11.1 Å². The summed E-state index contributed by atoms with van der Waals surface area (Å²) in [6.07, 6.45) is 0. The Bertz CT molecular complexity index is 651. The van der Waals surface area contributed by atoms with Gasteiger partial charge >= 0.3 is 0 Å². The summed E-state index contributed by atoms with van der Waals surface area (Å²) >= 11 is 3.01. The molecule has 1 amide bonds. The van der Waals surface area contributed by atoms with E-state index in [1.54, 1.807) is 12.1 Å². The Morgan fingerprint density at radius 1 is 1.24 bits per heavy atom. The lowest BCUT2D eigenvalue weighted by atomic mass is 10.1. The van der Waals surface area contributed by atoms with Crippen LogP contribution in [0.3, 0.4) is 0 Å². The van der Waals surface area contributed by atoms with Gasteiger partial charge in [0.15, 0.2) is 5.82 Å². The van der Waals surface area contributed by atoms with Crippen molar-refractivity contribution in [2.24, 2.45) is 5.73 Å². The van der Waals surface area contributed by atoms with Crippen LogP contribution < -0.4 is 11.1 Å². The molecule has 2 aromatic carbocycles. The molecule has 0 saturated heterocycles. The first-order chi connectivity index (χ1) is 9.88. The molecule has 2 aromatic rings. The summed E-state index contributed by atoms with van der Waals surface area (Å²) in [6, 6.07) is 7.94. The molecule has 0 heterocycles. The zero-order chi connectivity index (χ0) is 15.6. The quantitative estimate of drug-likeness (QED) is 0.883. The Hall–Kier alpha value is -1.79. The monoisotopic (exact) mass is 354 g/mol. The van der Waals surface area contributed by atoms with Crippen LogP contribution in [0.25, 0.3) is 0 Å². The maximum atomic E-state index is 13.7. The summed E-state index contributed by atoms with van der Waals surface area (Å²) in [7, 11) is 0. The van der Waals surface area contributed by atoms with E-state index in [-0.39, 0.29) is 10.2 Å². The predicted octanol–water partition coefficient (Wildman–Crippen LogP) is 3.67. The SMILES string of the molecule is Cc1ccc(C(N)C(=O)Nc2c(F)cc(F)cc2Br)cc1.